The SMILES string of the molecule is CCOC(=O)Nc1cc(C(=O)Nc2nccs2)cc2c(C(C)=O)c(C)[nH]c12. The number of anilines is 2. The molecular weight excluding hydrogens is 368 g/mol. The first-order valence-corrected chi connectivity index (χ1v) is 9.10. The fourth-order valence-electron chi connectivity index (χ4n) is 2.84. The van der Waals surface area contributed by atoms with Gasteiger partial charge in [-0.05, 0) is 32.9 Å². The third kappa shape index (κ3) is 3.82. The van der Waals surface area contributed by atoms with Gasteiger partial charge in [0.05, 0.1) is 17.8 Å². The zero-order valence-corrected chi connectivity index (χ0v) is 15.8. The molecule has 0 atom stereocenters. The Labute approximate surface area is 158 Å². The Morgan fingerprint density at radius 2 is 2.04 bits per heavy atom. The Morgan fingerprint density at radius 3 is 2.67 bits per heavy atom. The summed E-state index contributed by atoms with van der Waals surface area (Å²) in [6.45, 7) is 5.12. The van der Waals surface area contributed by atoms with Gasteiger partial charge in [0.15, 0.2) is 10.9 Å². The number of carbonyl (C=O) groups excluding carboxylic acids is 3. The normalized spacial score (nSPS) is 10.6. The first kappa shape index (κ1) is 18.6. The number of aromatic amines is 1. The summed E-state index contributed by atoms with van der Waals surface area (Å²) in [5.74, 6) is -0.537. The lowest BCUT2D eigenvalue weighted by Crippen LogP contribution is -2.16. The number of carbonyl (C=O) groups is 3. The van der Waals surface area contributed by atoms with Crippen LogP contribution < -0.4 is 10.6 Å². The molecule has 3 aromatic rings. The third-order valence-corrected chi connectivity index (χ3v) is 4.56. The average Bonchev–Trinajstić information content (AvgIpc) is 3.21. The van der Waals surface area contributed by atoms with Crippen LogP contribution in [-0.4, -0.2) is 34.4 Å². The summed E-state index contributed by atoms with van der Waals surface area (Å²) in [4.78, 5) is 43.7. The fourth-order valence-corrected chi connectivity index (χ4v) is 3.36. The van der Waals surface area contributed by atoms with Crippen LogP contribution in [0.25, 0.3) is 10.9 Å². The Hall–Kier alpha value is -3.20. The van der Waals surface area contributed by atoms with E-state index in [1.54, 1.807) is 31.5 Å². The second-order valence-corrected chi connectivity index (χ2v) is 6.66. The van der Waals surface area contributed by atoms with E-state index in [1.807, 2.05) is 0 Å². The van der Waals surface area contributed by atoms with Gasteiger partial charge in [-0.2, -0.15) is 0 Å². The van der Waals surface area contributed by atoms with E-state index in [-0.39, 0.29) is 18.0 Å². The zero-order valence-electron chi connectivity index (χ0n) is 15.0. The molecule has 0 bridgehead atoms. The second-order valence-electron chi connectivity index (χ2n) is 5.76. The van der Waals surface area contributed by atoms with E-state index in [9.17, 15) is 14.4 Å². The van der Waals surface area contributed by atoms with Gasteiger partial charge in [0.25, 0.3) is 5.91 Å². The molecule has 1 aromatic carbocycles. The molecule has 3 N–H and O–H groups in total. The molecule has 9 heteroatoms. The summed E-state index contributed by atoms with van der Waals surface area (Å²) >= 11 is 1.29. The Balaban J connectivity index is 2.10. The minimum absolute atomic E-state index is 0.140. The van der Waals surface area contributed by atoms with Crippen molar-refractivity contribution in [2.75, 3.05) is 17.2 Å². The molecule has 0 aliphatic rings. The van der Waals surface area contributed by atoms with Crippen molar-refractivity contribution in [2.24, 2.45) is 0 Å². The molecule has 0 saturated heterocycles. The maximum absolute atomic E-state index is 12.6. The molecule has 8 nitrogen and oxygen atoms in total. The van der Waals surface area contributed by atoms with Crippen molar-refractivity contribution in [1.82, 2.24) is 9.97 Å². The lowest BCUT2D eigenvalue weighted by atomic mass is 10.0. The largest absolute Gasteiger partial charge is 0.450 e. The number of aryl methyl sites for hydroxylation is 1. The number of rotatable bonds is 5. The van der Waals surface area contributed by atoms with Crippen molar-refractivity contribution in [1.29, 1.82) is 0 Å². The number of ether oxygens (including phenoxy) is 1. The molecule has 27 heavy (non-hydrogen) atoms. The molecule has 0 radical (unpaired) electrons. The molecule has 2 amide bonds. The molecule has 0 saturated carbocycles. The van der Waals surface area contributed by atoms with E-state index >= 15 is 0 Å². The van der Waals surface area contributed by atoms with E-state index in [2.05, 4.69) is 20.6 Å². The number of H-pyrrole nitrogens is 1. The number of fused-ring (bicyclic) bond motifs is 1. The number of benzene rings is 1. The molecule has 0 unspecified atom stereocenters. The smallest absolute Gasteiger partial charge is 0.411 e. The summed E-state index contributed by atoms with van der Waals surface area (Å²) < 4.78 is 4.93. The highest BCUT2D eigenvalue weighted by molar-refractivity contribution is 7.13. The van der Waals surface area contributed by atoms with Crippen molar-refractivity contribution < 1.29 is 19.1 Å². The van der Waals surface area contributed by atoms with Crippen LogP contribution in [0, 0.1) is 6.92 Å². The third-order valence-electron chi connectivity index (χ3n) is 3.87. The van der Waals surface area contributed by atoms with Crippen LogP contribution in [0.4, 0.5) is 15.6 Å². The highest BCUT2D eigenvalue weighted by atomic mass is 32.1. The zero-order chi connectivity index (χ0) is 19.6. The van der Waals surface area contributed by atoms with E-state index in [1.165, 1.54) is 24.3 Å². The predicted molar refractivity (Wildman–Crippen MR) is 104 cm³/mol. The first-order chi connectivity index (χ1) is 12.9. The average molecular weight is 386 g/mol. The van der Waals surface area contributed by atoms with Gasteiger partial charge >= 0.3 is 6.09 Å². The van der Waals surface area contributed by atoms with Crippen molar-refractivity contribution in [2.45, 2.75) is 20.8 Å². The van der Waals surface area contributed by atoms with Gasteiger partial charge in [-0.1, -0.05) is 0 Å². The molecule has 0 fully saturated rings. The van der Waals surface area contributed by atoms with Crippen LogP contribution >= 0.6 is 11.3 Å². The maximum Gasteiger partial charge on any atom is 0.411 e. The lowest BCUT2D eigenvalue weighted by Gasteiger charge is -2.10. The predicted octanol–water partition coefficient (Wildman–Crippen LogP) is 3.96. The number of nitrogens with zero attached hydrogens (tertiary/aromatic N) is 1. The van der Waals surface area contributed by atoms with Gasteiger partial charge < -0.3 is 9.72 Å². The number of amides is 2. The molecule has 140 valence electrons. The summed E-state index contributed by atoms with van der Waals surface area (Å²) in [5, 5.41) is 8.07. The maximum atomic E-state index is 12.6. The van der Waals surface area contributed by atoms with Crippen LogP contribution in [0.5, 0.6) is 0 Å². The van der Waals surface area contributed by atoms with E-state index in [0.717, 1.165) is 0 Å². The van der Waals surface area contributed by atoms with Crippen molar-refractivity contribution in [3.63, 3.8) is 0 Å². The number of Topliss-reactive ketones (excluding diaryl/α,β-unsaturated/α-hetero) is 1. The van der Waals surface area contributed by atoms with Crippen LogP contribution in [0.2, 0.25) is 0 Å². The number of aromatic nitrogens is 2. The van der Waals surface area contributed by atoms with Crippen molar-refractivity contribution >= 4 is 50.8 Å². The van der Waals surface area contributed by atoms with Crippen molar-refractivity contribution in [3.05, 3.63) is 40.5 Å². The number of ketones is 1. The van der Waals surface area contributed by atoms with Gasteiger partial charge in [-0.15, -0.1) is 11.3 Å². The van der Waals surface area contributed by atoms with E-state index in [0.29, 0.717) is 33.0 Å². The summed E-state index contributed by atoms with van der Waals surface area (Å²) in [5.41, 5.74) is 2.32. The Morgan fingerprint density at radius 1 is 1.26 bits per heavy atom. The minimum Gasteiger partial charge on any atom is -0.450 e. The Bertz CT molecular complexity index is 1020. The number of hydrogen-bond donors (Lipinski definition) is 3. The van der Waals surface area contributed by atoms with Gasteiger partial charge in [0.2, 0.25) is 0 Å². The highest BCUT2D eigenvalue weighted by Gasteiger charge is 2.20. The Kier molecular flexibility index (Phi) is 5.22. The van der Waals surface area contributed by atoms with Gasteiger partial charge in [0.1, 0.15) is 0 Å². The summed E-state index contributed by atoms with van der Waals surface area (Å²) in [6.07, 6.45) is 0.938. The molecule has 0 aliphatic carbocycles. The van der Waals surface area contributed by atoms with Gasteiger partial charge in [0, 0.05) is 33.8 Å². The van der Waals surface area contributed by atoms with E-state index < -0.39 is 12.0 Å². The molecule has 0 aliphatic heterocycles. The van der Waals surface area contributed by atoms with Gasteiger partial charge in [-0.25, -0.2) is 9.78 Å². The molecule has 2 aromatic heterocycles. The second kappa shape index (κ2) is 7.58. The highest BCUT2D eigenvalue weighted by Crippen LogP contribution is 2.31. The first-order valence-electron chi connectivity index (χ1n) is 8.22. The molecule has 0 spiro atoms. The van der Waals surface area contributed by atoms with Crippen LogP contribution in [-0.2, 0) is 4.74 Å². The van der Waals surface area contributed by atoms with Crippen LogP contribution in [0.3, 0.4) is 0 Å². The van der Waals surface area contributed by atoms with Crippen LogP contribution in [0.15, 0.2) is 23.7 Å². The van der Waals surface area contributed by atoms with Crippen LogP contribution in [0.1, 0.15) is 40.3 Å². The van der Waals surface area contributed by atoms with E-state index in [4.69, 9.17) is 4.74 Å². The molecule has 2 heterocycles. The number of nitrogens with one attached hydrogen (secondary N) is 3. The number of hydrogen-bond acceptors (Lipinski definition) is 6. The molecule has 3 rings (SSSR count). The topological polar surface area (TPSA) is 113 Å². The monoisotopic (exact) mass is 386 g/mol. The van der Waals surface area contributed by atoms with Gasteiger partial charge in [-0.3, -0.25) is 20.2 Å². The number of thiazole rings is 1. The lowest BCUT2D eigenvalue weighted by molar-refractivity contribution is 0.101. The fraction of sp³-hybridized carbons (Fsp3) is 0.222. The molecular formula is C18H18N4O4S. The minimum atomic E-state index is -0.645. The summed E-state index contributed by atoms with van der Waals surface area (Å²) in [7, 11) is 0. The summed E-state index contributed by atoms with van der Waals surface area (Å²) in [6, 6.07) is 3.15. The quantitative estimate of drug-likeness (QED) is 0.575. The standard InChI is InChI=1S/C18H18N4O4S/c1-4-26-18(25)21-13-8-11(16(24)22-17-19-5-6-27-17)7-12-14(10(3)23)9(2)20-15(12)13/h5-8,20H,4H2,1-3H3,(H,21,25)(H,19,22,24). The van der Waals surface area contributed by atoms with Crippen molar-refractivity contribution in [3.8, 4) is 0 Å².